The number of carbonyl (C=O) groups is 2. The number of aldehydes is 1. The van der Waals surface area contributed by atoms with E-state index in [9.17, 15) is 9.59 Å². The topological polar surface area (TPSA) is 69.4 Å². The molecule has 0 spiro atoms. The Bertz CT molecular complexity index is 269. The van der Waals surface area contributed by atoms with Crippen molar-refractivity contribution in [2.75, 3.05) is 0 Å². The van der Waals surface area contributed by atoms with Crippen LogP contribution in [0.2, 0.25) is 0 Å². The monoisotopic (exact) mass is 213 g/mol. The summed E-state index contributed by atoms with van der Waals surface area (Å²) in [7, 11) is 0. The first-order valence-electron chi connectivity index (χ1n) is 5.26. The van der Waals surface area contributed by atoms with Gasteiger partial charge in [0.05, 0.1) is 11.5 Å². The summed E-state index contributed by atoms with van der Waals surface area (Å²) in [6.45, 7) is 5.41. The van der Waals surface area contributed by atoms with E-state index in [0.717, 1.165) is 6.42 Å². The van der Waals surface area contributed by atoms with Gasteiger partial charge in [0, 0.05) is 0 Å². The predicted molar refractivity (Wildman–Crippen MR) is 56.2 cm³/mol. The molecule has 1 saturated carbocycles. The Kier molecular flexibility index (Phi) is 3.19. The van der Waals surface area contributed by atoms with Crippen molar-refractivity contribution in [1.82, 2.24) is 0 Å². The Balaban J connectivity index is 2.72. The van der Waals surface area contributed by atoms with Crippen LogP contribution < -0.4 is 5.73 Å². The molecule has 1 rings (SSSR count). The smallest absolute Gasteiger partial charge is 0.311 e. The molecule has 1 fully saturated rings. The van der Waals surface area contributed by atoms with Crippen LogP contribution in [0.15, 0.2) is 0 Å². The minimum Gasteiger partial charge on any atom is -0.460 e. The summed E-state index contributed by atoms with van der Waals surface area (Å²) < 4.78 is 5.24. The molecule has 0 aliphatic heterocycles. The summed E-state index contributed by atoms with van der Waals surface area (Å²) in [4.78, 5) is 22.7. The van der Waals surface area contributed by atoms with Crippen LogP contribution in [0, 0.1) is 5.92 Å². The highest BCUT2D eigenvalue weighted by molar-refractivity contribution is 5.82. The highest BCUT2D eigenvalue weighted by Crippen LogP contribution is 2.34. The molecule has 0 unspecified atom stereocenters. The molecule has 4 nitrogen and oxygen atoms in total. The zero-order valence-corrected chi connectivity index (χ0v) is 9.58. The third kappa shape index (κ3) is 2.78. The van der Waals surface area contributed by atoms with Gasteiger partial charge in [-0.3, -0.25) is 4.79 Å². The third-order valence-corrected chi connectivity index (χ3v) is 2.66. The molecule has 0 aromatic carbocycles. The molecule has 0 heterocycles. The number of rotatable bonds is 2. The second kappa shape index (κ2) is 3.93. The molecular formula is C11H19NO3. The van der Waals surface area contributed by atoms with Crippen LogP contribution in [0.3, 0.4) is 0 Å². The normalized spacial score (nSPS) is 31.3. The zero-order chi connectivity index (χ0) is 11.7. The summed E-state index contributed by atoms with van der Waals surface area (Å²) in [6, 6.07) is 0. The zero-order valence-electron chi connectivity index (χ0n) is 9.58. The second-order valence-corrected chi connectivity index (χ2v) is 5.21. The lowest BCUT2D eigenvalue weighted by Crippen LogP contribution is -2.49. The Labute approximate surface area is 90.2 Å². The largest absolute Gasteiger partial charge is 0.460 e. The van der Waals surface area contributed by atoms with E-state index in [2.05, 4.69) is 0 Å². The maximum absolute atomic E-state index is 11.8. The molecule has 15 heavy (non-hydrogen) atoms. The number of ether oxygens (including phenoxy) is 1. The summed E-state index contributed by atoms with van der Waals surface area (Å²) in [5, 5.41) is 0. The quantitative estimate of drug-likeness (QED) is 0.549. The minimum atomic E-state index is -1.01. The van der Waals surface area contributed by atoms with Crippen LogP contribution in [0.4, 0.5) is 0 Å². The Morgan fingerprint density at radius 3 is 2.60 bits per heavy atom. The van der Waals surface area contributed by atoms with Gasteiger partial charge in [-0.25, -0.2) is 0 Å². The molecule has 2 N–H and O–H groups in total. The maximum atomic E-state index is 11.8. The SMILES string of the molecule is CC(C)(C)OC(=O)[C@H]1CCC[C@]1(N)C=O. The van der Waals surface area contributed by atoms with Gasteiger partial charge in [-0.05, 0) is 33.6 Å². The molecule has 0 amide bonds. The molecule has 1 aliphatic carbocycles. The molecule has 1 aliphatic rings. The standard InChI is InChI=1S/C11H19NO3/c1-10(2,3)15-9(14)8-5-4-6-11(8,12)7-13/h7-8H,4-6,12H2,1-3H3/t8-,11+/m1/s1. The van der Waals surface area contributed by atoms with E-state index in [-0.39, 0.29) is 5.97 Å². The number of hydrogen-bond acceptors (Lipinski definition) is 4. The summed E-state index contributed by atoms with van der Waals surface area (Å²) in [5.74, 6) is -0.830. The van der Waals surface area contributed by atoms with Gasteiger partial charge in [0.25, 0.3) is 0 Å². The minimum absolute atomic E-state index is 0.352. The van der Waals surface area contributed by atoms with Crippen molar-refractivity contribution in [2.24, 2.45) is 11.7 Å². The van der Waals surface area contributed by atoms with E-state index in [0.29, 0.717) is 19.1 Å². The van der Waals surface area contributed by atoms with Crippen molar-refractivity contribution < 1.29 is 14.3 Å². The van der Waals surface area contributed by atoms with Crippen molar-refractivity contribution in [3.63, 3.8) is 0 Å². The van der Waals surface area contributed by atoms with Crippen LogP contribution >= 0.6 is 0 Å². The van der Waals surface area contributed by atoms with Crippen LogP contribution in [-0.2, 0) is 14.3 Å². The fourth-order valence-electron chi connectivity index (χ4n) is 1.91. The van der Waals surface area contributed by atoms with Crippen molar-refractivity contribution in [3.05, 3.63) is 0 Å². The number of carbonyl (C=O) groups excluding carboxylic acids is 2. The van der Waals surface area contributed by atoms with E-state index >= 15 is 0 Å². The highest BCUT2D eigenvalue weighted by atomic mass is 16.6. The molecule has 2 atom stereocenters. The lowest BCUT2D eigenvalue weighted by Gasteiger charge is -2.27. The molecular weight excluding hydrogens is 194 g/mol. The molecule has 0 aromatic rings. The lowest BCUT2D eigenvalue weighted by molar-refractivity contribution is -0.162. The number of nitrogens with two attached hydrogens (primary N) is 1. The van der Waals surface area contributed by atoms with E-state index in [1.165, 1.54) is 0 Å². The Hall–Kier alpha value is -0.900. The average Bonchev–Trinajstić information content (AvgIpc) is 2.45. The first-order chi connectivity index (χ1) is 6.78. The molecule has 86 valence electrons. The summed E-state index contributed by atoms with van der Waals surface area (Å²) in [5.41, 5.74) is 4.32. The lowest BCUT2D eigenvalue weighted by atomic mass is 9.89. The van der Waals surface area contributed by atoms with Gasteiger partial charge >= 0.3 is 5.97 Å². The van der Waals surface area contributed by atoms with Crippen molar-refractivity contribution in [2.45, 2.75) is 51.2 Å². The van der Waals surface area contributed by atoms with Gasteiger partial charge in [0.2, 0.25) is 0 Å². The van der Waals surface area contributed by atoms with Gasteiger partial charge in [-0.2, -0.15) is 0 Å². The summed E-state index contributed by atoms with van der Waals surface area (Å²) >= 11 is 0. The van der Waals surface area contributed by atoms with Crippen LogP contribution in [0.5, 0.6) is 0 Å². The van der Waals surface area contributed by atoms with Gasteiger partial charge in [-0.1, -0.05) is 6.42 Å². The van der Waals surface area contributed by atoms with Gasteiger partial charge in [0.15, 0.2) is 0 Å². The van der Waals surface area contributed by atoms with Gasteiger partial charge in [0.1, 0.15) is 11.9 Å². The molecule has 0 bridgehead atoms. The van der Waals surface area contributed by atoms with Crippen molar-refractivity contribution >= 4 is 12.3 Å². The van der Waals surface area contributed by atoms with E-state index in [1.807, 2.05) is 0 Å². The van der Waals surface area contributed by atoms with E-state index in [1.54, 1.807) is 20.8 Å². The van der Waals surface area contributed by atoms with Crippen molar-refractivity contribution in [3.8, 4) is 0 Å². The van der Waals surface area contributed by atoms with E-state index < -0.39 is 17.1 Å². The first kappa shape index (κ1) is 12.2. The van der Waals surface area contributed by atoms with E-state index in [4.69, 9.17) is 10.5 Å². The Morgan fingerprint density at radius 2 is 2.13 bits per heavy atom. The molecule has 0 radical (unpaired) electrons. The maximum Gasteiger partial charge on any atom is 0.311 e. The van der Waals surface area contributed by atoms with Gasteiger partial charge < -0.3 is 15.3 Å². The molecule has 0 aromatic heterocycles. The fraction of sp³-hybridized carbons (Fsp3) is 0.818. The van der Waals surface area contributed by atoms with Crippen molar-refractivity contribution in [1.29, 1.82) is 0 Å². The predicted octanol–water partition coefficient (Wildman–Crippen LogP) is 1.02. The summed E-state index contributed by atoms with van der Waals surface area (Å²) in [6.07, 6.45) is 2.71. The second-order valence-electron chi connectivity index (χ2n) is 5.21. The molecule has 4 heteroatoms. The van der Waals surface area contributed by atoms with Gasteiger partial charge in [-0.15, -0.1) is 0 Å². The van der Waals surface area contributed by atoms with Crippen LogP contribution in [-0.4, -0.2) is 23.4 Å². The number of esters is 1. The van der Waals surface area contributed by atoms with Crippen LogP contribution in [0.25, 0.3) is 0 Å². The highest BCUT2D eigenvalue weighted by Gasteiger charge is 2.45. The Morgan fingerprint density at radius 1 is 1.53 bits per heavy atom. The first-order valence-corrected chi connectivity index (χ1v) is 5.26. The third-order valence-electron chi connectivity index (χ3n) is 2.66. The number of hydrogen-bond donors (Lipinski definition) is 1. The fourth-order valence-corrected chi connectivity index (χ4v) is 1.91. The molecule has 0 saturated heterocycles. The van der Waals surface area contributed by atoms with Crippen LogP contribution in [0.1, 0.15) is 40.0 Å². The average molecular weight is 213 g/mol.